The van der Waals surface area contributed by atoms with Crippen LogP contribution in [0, 0.1) is 0 Å². The van der Waals surface area contributed by atoms with Gasteiger partial charge in [0.05, 0.1) is 5.69 Å². The lowest BCUT2D eigenvalue weighted by molar-refractivity contribution is -0.118. The van der Waals surface area contributed by atoms with Crippen LogP contribution in [0.1, 0.15) is 21.8 Å². The van der Waals surface area contributed by atoms with Crippen LogP contribution in [0.3, 0.4) is 0 Å². The summed E-state index contributed by atoms with van der Waals surface area (Å²) >= 11 is 1.20. The fraction of sp³-hybridized carbons (Fsp3) is 0.190. The number of fused-ring (bicyclic) bond motifs is 1. The van der Waals surface area contributed by atoms with Gasteiger partial charge in [-0.2, -0.15) is 0 Å². The van der Waals surface area contributed by atoms with E-state index in [4.69, 9.17) is 4.74 Å². The zero-order valence-electron chi connectivity index (χ0n) is 15.1. The van der Waals surface area contributed by atoms with Crippen LogP contribution in [0.2, 0.25) is 0 Å². The molecule has 0 aliphatic carbocycles. The van der Waals surface area contributed by atoms with Crippen molar-refractivity contribution in [1.82, 2.24) is 10.3 Å². The standard InChI is InChI=1S/C21H19N3O3S/c25-18(24-21-23-17-7-4-12-22-20(26)19(17)28-21)13-27-16-10-8-15(9-11-16)14-5-2-1-3-6-14/h1-3,5-6,8-11H,4,7,12-13H2,(H,22,26)(H,23,24,25). The zero-order chi connectivity index (χ0) is 19.3. The molecular formula is C21H19N3O3S. The summed E-state index contributed by atoms with van der Waals surface area (Å²) in [6, 6.07) is 17.6. The highest BCUT2D eigenvalue weighted by Gasteiger charge is 2.21. The van der Waals surface area contributed by atoms with Crippen LogP contribution in [-0.4, -0.2) is 29.9 Å². The van der Waals surface area contributed by atoms with Gasteiger partial charge in [0.25, 0.3) is 11.8 Å². The maximum absolute atomic E-state index is 12.2. The van der Waals surface area contributed by atoms with Crippen molar-refractivity contribution in [3.05, 3.63) is 65.2 Å². The second-order valence-corrected chi connectivity index (χ2v) is 7.38. The van der Waals surface area contributed by atoms with Crippen molar-refractivity contribution in [2.24, 2.45) is 0 Å². The summed E-state index contributed by atoms with van der Waals surface area (Å²) < 4.78 is 5.56. The van der Waals surface area contributed by atoms with E-state index in [9.17, 15) is 9.59 Å². The monoisotopic (exact) mass is 393 g/mol. The van der Waals surface area contributed by atoms with Gasteiger partial charge in [-0.3, -0.25) is 14.9 Å². The summed E-state index contributed by atoms with van der Waals surface area (Å²) in [5, 5.41) is 5.96. The maximum Gasteiger partial charge on any atom is 0.264 e. The SMILES string of the molecule is O=C(COc1ccc(-c2ccccc2)cc1)Nc1nc2c(s1)C(=O)NCCC2. The molecule has 0 unspecified atom stereocenters. The molecule has 0 fully saturated rings. The molecule has 6 nitrogen and oxygen atoms in total. The van der Waals surface area contributed by atoms with Crippen LogP contribution >= 0.6 is 11.3 Å². The van der Waals surface area contributed by atoms with Crippen molar-refractivity contribution in [3.8, 4) is 16.9 Å². The summed E-state index contributed by atoms with van der Waals surface area (Å²) in [5.74, 6) is 0.181. The van der Waals surface area contributed by atoms with Crippen LogP contribution in [-0.2, 0) is 11.2 Å². The van der Waals surface area contributed by atoms with E-state index >= 15 is 0 Å². The van der Waals surface area contributed by atoms with E-state index in [1.54, 1.807) is 0 Å². The number of carbonyl (C=O) groups excluding carboxylic acids is 2. The molecule has 2 aromatic carbocycles. The van der Waals surface area contributed by atoms with Crippen LogP contribution in [0.25, 0.3) is 11.1 Å². The number of thiazole rings is 1. The summed E-state index contributed by atoms with van der Waals surface area (Å²) in [7, 11) is 0. The molecule has 1 aliphatic rings. The van der Waals surface area contributed by atoms with E-state index < -0.39 is 0 Å². The van der Waals surface area contributed by atoms with Crippen LogP contribution in [0.15, 0.2) is 54.6 Å². The molecule has 2 heterocycles. The Hall–Kier alpha value is -3.19. The Morgan fingerprint density at radius 3 is 2.64 bits per heavy atom. The third kappa shape index (κ3) is 4.20. The average molecular weight is 393 g/mol. The van der Waals surface area contributed by atoms with Crippen molar-refractivity contribution in [1.29, 1.82) is 0 Å². The Morgan fingerprint density at radius 2 is 1.86 bits per heavy atom. The molecule has 0 saturated heterocycles. The number of aryl methyl sites for hydroxylation is 1. The van der Waals surface area contributed by atoms with E-state index in [1.807, 2.05) is 54.6 Å². The van der Waals surface area contributed by atoms with Crippen LogP contribution < -0.4 is 15.4 Å². The third-order valence-corrected chi connectivity index (χ3v) is 5.37. The number of aromatic nitrogens is 1. The molecule has 2 amide bonds. The lowest BCUT2D eigenvalue weighted by atomic mass is 10.1. The lowest BCUT2D eigenvalue weighted by Gasteiger charge is -2.07. The van der Waals surface area contributed by atoms with Gasteiger partial charge in [0, 0.05) is 6.54 Å². The third-order valence-electron chi connectivity index (χ3n) is 4.36. The van der Waals surface area contributed by atoms with E-state index in [2.05, 4.69) is 15.6 Å². The van der Waals surface area contributed by atoms with Gasteiger partial charge >= 0.3 is 0 Å². The minimum absolute atomic E-state index is 0.124. The number of hydrogen-bond acceptors (Lipinski definition) is 5. The Balaban J connectivity index is 1.34. The molecule has 0 spiro atoms. The zero-order valence-corrected chi connectivity index (χ0v) is 15.9. The van der Waals surface area contributed by atoms with Gasteiger partial charge in [-0.05, 0) is 36.1 Å². The Morgan fingerprint density at radius 1 is 1.11 bits per heavy atom. The Kier molecular flexibility index (Phi) is 5.34. The summed E-state index contributed by atoms with van der Waals surface area (Å²) in [4.78, 5) is 29.1. The summed E-state index contributed by atoms with van der Waals surface area (Å²) in [6.07, 6.45) is 1.57. The normalized spacial score (nSPS) is 13.2. The number of nitrogens with zero attached hydrogens (tertiary/aromatic N) is 1. The van der Waals surface area contributed by atoms with Gasteiger partial charge in [-0.1, -0.05) is 53.8 Å². The second kappa shape index (κ2) is 8.22. The summed E-state index contributed by atoms with van der Waals surface area (Å²) in [6.45, 7) is 0.529. The molecule has 0 radical (unpaired) electrons. The first-order chi connectivity index (χ1) is 13.7. The predicted molar refractivity (Wildman–Crippen MR) is 109 cm³/mol. The number of anilines is 1. The number of ether oxygens (including phenoxy) is 1. The fourth-order valence-electron chi connectivity index (χ4n) is 2.97. The molecule has 28 heavy (non-hydrogen) atoms. The first-order valence-corrected chi connectivity index (χ1v) is 9.87. The van der Waals surface area contributed by atoms with Crippen molar-refractivity contribution in [2.75, 3.05) is 18.5 Å². The molecule has 3 aromatic rings. The minimum Gasteiger partial charge on any atom is -0.484 e. The van der Waals surface area contributed by atoms with E-state index in [0.29, 0.717) is 22.3 Å². The van der Waals surface area contributed by atoms with Gasteiger partial charge in [0.2, 0.25) is 0 Å². The predicted octanol–water partition coefficient (Wildman–Crippen LogP) is 3.50. The summed E-state index contributed by atoms with van der Waals surface area (Å²) in [5.41, 5.74) is 2.95. The molecule has 0 bridgehead atoms. The largest absolute Gasteiger partial charge is 0.484 e. The molecule has 1 aromatic heterocycles. The highest BCUT2D eigenvalue weighted by Crippen LogP contribution is 2.26. The molecule has 142 valence electrons. The van der Waals surface area contributed by atoms with E-state index in [0.717, 1.165) is 29.7 Å². The highest BCUT2D eigenvalue weighted by atomic mass is 32.1. The van der Waals surface area contributed by atoms with E-state index in [1.165, 1.54) is 11.3 Å². The average Bonchev–Trinajstić information content (AvgIpc) is 3.05. The molecule has 1 aliphatic heterocycles. The van der Waals surface area contributed by atoms with Crippen molar-refractivity contribution < 1.29 is 14.3 Å². The first kappa shape index (κ1) is 18.2. The number of benzene rings is 2. The lowest BCUT2D eigenvalue weighted by Crippen LogP contribution is -2.21. The molecule has 2 N–H and O–H groups in total. The number of amides is 2. The molecular weight excluding hydrogens is 374 g/mol. The van der Waals surface area contributed by atoms with Crippen molar-refractivity contribution >= 4 is 28.3 Å². The number of rotatable bonds is 5. The van der Waals surface area contributed by atoms with Gasteiger partial charge in [-0.15, -0.1) is 0 Å². The fourth-order valence-corrected chi connectivity index (χ4v) is 3.91. The maximum atomic E-state index is 12.2. The number of carbonyl (C=O) groups is 2. The van der Waals surface area contributed by atoms with Crippen LogP contribution in [0.4, 0.5) is 5.13 Å². The van der Waals surface area contributed by atoms with Crippen molar-refractivity contribution in [2.45, 2.75) is 12.8 Å². The smallest absolute Gasteiger partial charge is 0.264 e. The van der Waals surface area contributed by atoms with Gasteiger partial charge in [0.15, 0.2) is 11.7 Å². The quantitative estimate of drug-likeness (QED) is 0.695. The molecule has 4 rings (SSSR count). The van der Waals surface area contributed by atoms with Gasteiger partial charge in [-0.25, -0.2) is 4.98 Å². The van der Waals surface area contributed by atoms with Crippen molar-refractivity contribution in [3.63, 3.8) is 0 Å². The number of nitrogens with one attached hydrogen (secondary N) is 2. The molecule has 7 heteroatoms. The minimum atomic E-state index is -0.309. The van der Waals surface area contributed by atoms with Gasteiger partial charge < -0.3 is 10.1 Å². The van der Waals surface area contributed by atoms with Crippen LogP contribution in [0.5, 0.6) is 5.75 Å². The molecule has 0 saturated carbocycles. The van der Waals surface area contributed by atoms with Gasteiger partial charge in [0.1, 0.15) is 10.6 Å². The molecule has 0 atom stereocenters. The topological polar surface area (TPSA) is 80.3 Å². The Bertz CT molecular complexity index is 984. The Labute approximate surface area is 166 Å². The number of hydrogen-bond donors (Lipinski definition) is 2. The highest BCUT2D eigenvalue weighted by molar-refractivity contribution is 7.17. The first-order valence-electron chi connectivity index (χ1n) is 9.05. The van der Waals surface area contributed by atoms with E-state index in [-0.39, 0.29) is 18.4 Å². The second-order valence-electron chi connectivity index (χ2n) is 6.38.